The van der Waals surface area contributed by atoms with E-state index in [4.69, 9.17) is 0 Å². The first kappa shape index (κ1) is 19.9. The van der Waals surface area contributed by atoms with E-state index in [0.29, 0.717) is 11.1 Å². The highest BCUT2D eigenvalue weighted by molar-refractivity contribution is 6.29. The van der Waals surface area contributed by atoms with Crippen molar-refractivity contribution in [3.05, 3.63) is 112 Å². The molecule has 36 heavy (non-hydrogen) atoms. The molecule has 0 spiro atoms. The van der Waals surface area contributed by atoms with Crippen LogP contribution in [0.2, 0.25) is 0 Å². The molecule has 0 N–H and O–H groups in total. The molecule has 4 heterocycles. The van der Waals surface area contributed by atoms with Gasteiger partial charge in [0.25, 0.3) is 11.8 Å². The SMILES string of the molecule is O=C1c2c(c3c4c(n5c3c3c2=C2C=CC=CC2N3C/C=C\C5)=CC=CC4)C(=O)N1Cc1ccccc1. The van der Waals surface area contributed by atoms with Crippen molar-refractivity contribution in [1.82, 2.24) is 9.47 Å². The van der Waals surface area contributed by atoms with Crippen LogP contribution in [0.1, 0.15) is 31.8 Å². The molecule has 5 heteroatoms. The third kappa shape index (κ3) is 2.40. The minimum Gasteiger partial charge on any atom is -0.355 e. The fourth-order valence-corrected chi connectivity index (χ4v) is 6.63. The topological polar surface area (TPSA) is 45.6 Å². The van der Waals surface area contributed by atoms with Crippen molar-refractivity contribution >= 4 is 40.1 Å². The average Bonchev–Trinajstić information content (AvgIpc) is 3.48. The summed E-state index contributed by atoms with van der Waals surface area (Å²) in [4.78, 5) is 32.1. The first-order valence-corrected chi connectivity index (χ1v) is 12.5. The van der Waals surface area contributed by atoms with E-state index in [1.807, 2.05) is 36.4 Å². The van der Waals surface area contributed by atoms with Crippen LogP contribution in [0.5, 0.6) is 0 Å². The van der Waals surface area contributed by atoms with Crippen LogP contribution < -0.4 is 15.5 Å². The number of carbonyl (C=O) groups excluding carboxylic acids is 2. The molecule has 1 aromatic heterocycles. The van der Waals surface area contributed by atoms with Crippen molar-refractivity contribution in [3.63, 3.8) is 0 Å². The molecule has 8 rings (SSSR count). The molecule has 174 valence electrons. The van der Waals surface area contributed by atoms with Gasteiger partial charge in [-0.3, -0.25) is 14.5 Å². The number of benzene rings is 2. The Bertz CT molecular complexity index is 1780. The first-order chi connectivity index (χ1) is 17.7. The number of imide groups is 1. The summed E-state index contributed by atoms with van der Waals surface area (Å²) in [5.74, 6) is -0.364. The molecular weight excluding hydrogens is 446 g/mol. The Morgan fingerprint density at radius 2 is 1.72 bits per heavy atom. The summed E-state index contributed by atoms with van der Waals surface area (Å²) in [5, 5.41) is 3.04. The summed E-state index contributed by atoms with van der Waals surface area (Å²) >= 11 is 0. The van der Waals surface area contributed by atoms with Crippen LogP contribution in [0.15, 0.2) is 78.9 Å². The number of nitrogens with zero attached hydrogens (tertiary/aromatic N) is 3. The van der Waals surface area contributed by atoms with Gasteiger partial charge in [-0.15, -0.1) is 0 Å². The molecule has 0 saturated carbocycles. The summed E-state index contributed by atoms with van der Waals surface area (Å²) in [6.07, 6.45) is 20.0. The fourth-order valence-electron chi connectivity index (χ4n) is 6.63. The Balaban J connectivity index is 1.52. The summed E-state index contributed by atoms with van der Waals surface area (Å²) in [5.41, 5.74) is 6.56. The van der Waals surface area contributed by atoms with Gasteiger partial charge in [-0.05, 0) is 29.2 Å². The Morgan fingerprint density at radius 1 is 0.889 bits per heavy atom. The molecule has 1 unspecified atom stereocenters. The highest BCUT2D eigenvalue weighted by atomic mass is 16.2. The number of carbonyl (C=O) groups is 2. The highest BCUT2D eigenvalue weighted by Gasteiger charge is 2.45. The van der Waals surface area contributed by atoms with E-state index in [1.54, 1.807) is 0 Å². The van der Waals surface area contributed by atoms with Crippen LogP contribution in [0.4, 0.5) is 5.69 Å². The normalized spacial score (nSPS) is 21.4. The van der Waals surface area contributed by atoms with Crippen molar-refractivity contribution in [2.24, 2.45) is 0 Å². The molecule has 3 aliphatic heterocycles. The number of aromatic nitrogens is 1. The van der Waals surface area contributed by atoms with Crippen molar-refractivity contribution < 1.29 is 9.59 Å². The van der Waals surface area contributed by atoms with Crippen molar-refractivity contribution in [2.45, 2.75) is 25.6 Å². The standard InChI is InChI=1S/C31H23N3O2/c35-30-26-24-20-12-4-6-14-22(20)32-16-8-9-17-33-23-15-7-5-13-21(23)25(29(33)28(24)32)27(26)31(36)34(30)18-19-10-2-1-3-11-19/h1-12,14-15,22H,13,16-18H2/b9-8-. The van der Waals surface area contributed by atoms with E-state index >= 15 is 0 Å². The first-order valence-electron chi connectivity index (χ1n) is 12.5. The van der Waals surface area contributed by atoms with Crippen LogP contribution in [0, 0.1) is 0 Å². The number of hydrogen-bond acceptors (Lipinski definition) is 3. The Kier molecular flexibility index (Phi) is 3.91. The van der Waals surface area contributed by atoms with Gasteiger partial charge in [-0.1, -0.05) is 78.9 Å². The maximum absolute atomic E-state index is 14.1. The molecule has 5 nitrogen and oxygen atoms in total. The number of hydrogen-bond donors (Lipinski definition) is 0. The van der Waals surface area contributed by atoms with Gasteiger partial charge >= 0.3 is 0 Å². The molecule has 0 fully saturated rings. The van der Waals surface area contributed by atoms with Crippen LogP contribution in [0.25, 0.3) is 22.6 Å². The molecule has 1 atom stereocenters. The van der Waals surface area contributed by atoms with Gasteiger partial charge in [0, 0.05) is 29.0 Å². The number of amides is 2. The zero-order valence-electron chi connectivity index (χ0n) is 19.6. The van der Waals surface area contributed by atoms with Gasteiger partial charge in [0.05, 0.1) is 34.9 Å². The molecule has 3 aromatic rings. The van der Waals surface area contributed by atoms with Crippen molar-refractivity contribution in [1.29, 1.82) is 0 Å². The maximum atomic E-state index is 14.1. The Morgan fingerprint density at radius 3 is 2.61 bits per heavy atom. The summed E-state index contributed by atoms with van der Waals surface area (Å²) in [7, 11) is 0. The molecular formula is C31H23N3O2. The van der Waals surface area contributed by atoms with E-state index < -0.39 is 0 Å². The summed E-state index contributed by atoms with van der Waals surface area (Å²) < 4.78 is 2.35. The van der Waals surface area contributed by atoms with E-state index in [0.717, 1.165) is 63.4 Å². The fraction of sp³-hybridized carbons (Fsp3) is 0.161. The van der Waals surface area contributed by atoms with Crippen molar-refractivity contribution in [3.8, 4) is 0 Å². The minimum absolute atomic E-state index is 0.0519. The van der Waals surface area contributed by atoms with Gasteiger partial charge in [0.15, 0.2) is 0 Å². The second kappa shape index (κ2) is 7.08. The number of fused-ring (bicyclic) bond motifs is 8. The zero-order chi connectivity index (χ0) is 24.0. The Hall–Kier alpha value is -4.38. The third-order valence-electron chi connectivity index (χ3n) is 8.10. The molecule has 5 aliphatic rings. The largest absolute Gasteiger partial charge is 0.355 e. The minimum atomic E-state index is -0.183. The number of allylic oxidation sites excluding steroid dienone is 5. The third-order valence-corrected chi connectivity index (χ3v) is 8.10. The number of anilines is 1. The zero-order valence-corrected chi connectivity index (χ0v) is 19.6. The lowest BCUT2D eigenvalue weighted by atomic mass is 9.94. The van der Waals surface area contributed by atoms with E-state index in [-0.39, 0.29) is 24.4 Å². The maximum Gasteiger partial charge on any atom is 0.262 e. The summed E-state index contributed by atoms with van der Waals surface area (Å²) in [6, 6.07) is 9.83. The molecule has 0 saturated heterocycles. The van der Waals surface area contributed by atoms with Gasteiger partial charge < -0.3 is 9.47 Å². The number of rotatable bonds is 2. The highest BCUT2D eigenvalue weighted by Crippen LogP contribution is 2.42. The van der Waals surface area contributed by atoms with Gasteiger partial charge in [-0.2, -0.15) is 0 Å². The van der Waals surface area contributed by atoms with Gasteiger partial charge in [0.1, 0.15) is 0 Å². The lowest BCUT2D eigenvalue weighted by Gasteiger charge is -2.29. The lowest BCUT2D eigenvalue weighted by molar-refractivity contribution is 0.0642. The predicted octanol–water partition coefficient (Wildman–Crippen LogP) is 3.37. The smallest absolute Gasteiger partial charge is 0.262 e. The van der Waals surface area contributed by atoms with Crippen molar-refractivity contribution in [2.75, 3.05) is 11.4 Å². The molecule has 0 bridgehead atoms. The van der Waals surface area contributed by atoms with E-state index in [1.165, 1.54) is 4.90 Å². The Labute approximate surface area is 207 Å². The summed E-state index contributed by atoms with van der Waals surface area (Å²) in [6.45, 7) is 1.79. The molecule has 0 radical (unpaired) electrons. The molecule has 2 aromatic carbocycles. The second-order valence-corrected chi connectivity index (χ2v) is 9.92. The predicted molar refractivity (Wildman–Crippen MR) is 141 cm³/mol. The van der Waals surface area contributed by atoms with Gasteiger partial charge in [0.2, 0.25) is 0 Å². The second-order valence-electron chi connectivity index (χ2n) is 9.92. The molecule has 2 amide bonds. The monoisotopic (exact) mass is 469 g/mol. The van der Waals surface area contributed by atoms with Crippen LogP contribution in [-0.4, -0.2) is 33.9 Å². The van der Waals surface area contributed by atoms with Gasteiger partial charge in [-0.25, -0.2) is 0 Å². The van der Waals surface area contributed by atoms with E-state index in [9.17, 15) is 9.59 Å². The average molecular weight is 470 g/mol. The van der Waals surface area contributed by atoms with Crippen LogP contribution in [-0.2, 0) is 19.5 Å². The lowest BCUT2D eigenvalue weighted by Crippen LogP contribution is -2.33. The van der Waals surface area contributed by atoms with Crippen LogP contribution >= 0.6 is 0 Å². The van der Waals surface area contributed by atoms with E-state index in [2.05, 4.69) is 58.1 Å². The quantitative estimate of drug-likeness (QED) is 0.427. The van der Waals surface area contributed by atoms with Crippen LogP contribution in [0.3, 0.4) is 0 Å². The molecule has 2 aliphatic carbocycles.